The molecule has 0 aromatic heterocycles. The van der Waals surface area contributed by atoms with Crippen LogP contribution in [0.15, 0.2) is 24.3 Å². The summed E-state index contributed by atoms with van der Waals surface area (Å²) in [6.07, 6.45) is 0. The van der Waals surface area contributed by atoms with Crippen LogP contribution < -0.4 is 0 Å². The van der Waals surface area contributed by atoms with Gasteiger partial charge in [0.2, 0.25) is 0 Å². The number of hydrogen-bond acceptors (Lipinski definition) is 2. The molecule has 0 fully saturated rings. The van der Waals surface area contributed by atoms with Crippen molar-refractivity contribution in [3.63, 3.8) is 0 Å². The molecule has 0 saturated carbocycles. The lowest BCUT2D eigenvalue weighted by Gasteiger charge is -2.00. The molecule has 0 unspecified atom stereocenters. The molecule has 1 aromatic rings. The van der Waals surface area contributed by atoms with E-state index in [2.05, 4.69) is 0 Å². The smallest absolute Gasteiger partial charge is 0.329 e. The van der Waals surface area contributed by atoms with E-state index in [1.807, 2.05) is 0 Å². The molecule has 0 aliphatic heterocycles. The lowest BCUT2D eigenvalue weighted by molar-refractivity contribution is -0.142. The second kappa shape index (κ2) is 4.57. The number of ether oxygens (including phenoxy) is 1. The number of hydrogen-bond donors (Lipinski definition) is 1. The minimum absolute atomic E-state index is 0.115. The van der Waals surface area contributed by atoms with Gasteiger partial charge in [0.05, 0.1) is 6.61 Å². The maximum atomic E-state index is 12.6. The van der Waals surface area contributed by atoms with E-state index in [9.17, 15) is 9.18 Å². The van der Waals surface area contributed by atoms with E-state index in [1.165, 1.54) is 12.1 Å². The molecule has 0 aliphatic rings. The number of halogens is 1. The van der Waals surface area contributed by atoms with Gasteiger partial charge < -0.3 is 9.84 Å². The third-order valence-corrected chi connectivity index (χ3v) is 1.38. The Balaban J connectivity index is 2.41. The Hall–Kier alpha value is -1.42. The monoisotopic (exact) mass is 184 g/mol. The summed E-state index contributed by atoms with van der Waals surface area (Å²) in [6.45, 7) is -0.249. The molecule has 0 amide bonds. The summed E-state index contributed by atoms with van der Waals surface area (Å²) in [5, 5.41) is 8.25. The highest BCUT2D eigenvalue weighted by Gasteiger charge is 1.98. The summed E-state index contributed by atoms with van der Waals surface area (Å²) in [7, 11) is 0. The van der Waals surface area contributed by atoms with Gasteiger partial charge in [0.25, 0.3) is 0 Å². The summed E-state index contributed by atoms with van der Waals surface area (Å²) in [6, 6.07) is 5.85. The first-order valence-corrected chi connectivity index (χ1v) is 3.72. The first kappa shape index (κ1) is 9.67. The van der Waals surface area contributed by atoms with Crippen molar-refractivity contribution < 1.29 is 19.0 Å². The van der Waals surface area contributed by atoms with E-state index >= 15 is 0 Å². The largest absolute Gasteiger partial charge is 0.480 e. The molecule has 0 aliphatic carbocycles. The third kappa shape index (κ3) is 3.66. The van der Waals surface area contributed by atoms with Crippen LogP contribution in [0.1, 0.15) is 5.56 Å². The van der Waals surface area contributed by atoms with Crippen LogP contribution in [0.2, 0.25) is 0 Å². The van der Waals surface area contributed by atoms with Gasteiger partial charge in [0, 0.05) is 0 Å². The first-order valence-electron chi connectivity index (χ1n) is 3.72. The average molecular weight is 184 g/mol. The number of aliphatic carboxylic acids is 1. The number of carbonyl (C=O) groups is 1. The van der Waals surface area contributed by atoms with E-state index in [4.69, 9.17) is 9.84 Å². The fraction of sp³-hybridized carbons (Fsp3) is 0.222. The Morgan fingerprint density at radius 3 is 2.92 bits per heavy atom. The Bertz CT molecular complexity index is 299. The first-order chi connectivity index (χ1) is 6.18. The van der Waals surface area contributed by atoms with E-state index < -0.39 is 5.97 Å². The second-order valence-corrected chi connectivity index (χ2v) is 2.52. The normalized spacial score (nSPS) is 9.92. The molecule has 0 saturated heterocycles. The summed E-state index contributed by atoms with van der Waals surface area (Å²) in [5.74, 6) is -1.38. The molecule has 0 spiro atoms. The van der Waals surface area contributed by atoms with Crippen molar-refractivity contribution in [2.24, 2.45) is 0 Å². The van der Waals surface area contributed by atoms with Gasteiger partial charge in [0.1, 0.15) is 12.4 Å². The van der Waals surface area contributed by atoms with Crippen LogP contribution in [-0.4, -0.2) is 17.7 Å². The van der Waals surface area contributed by atoms with Crippen LogP contribution in [-0.2, 0) is 16.1 Å². The molecule has 0 radical (unpaired) electrons. The zero-order valence-electron chi connectivity index (χ0n) is 6.87. The molecule has 1 aromatic carbocycles. The summed E-state index contributed by atoms with van der Waals surface area (Å²) in [5.41, 5.74) is 0.626. The van der Waals surface area contributed by atoms with Gasteiger partial charge in [-0.1, -0.05) is 12.1 Å². The van der Waals surface area contributed by atoms with Crippen LogP contribution in [0, 0.1) is 5.82 Å². The molecule has 4 heteroatoms. The summed E-state index contributed by atoms with van der Waals surface area (Å²) >= 11 is 0. The van der Waals surface area contributed by atoms with Crippen LogP contribution in [0.4, 0.5) is 4.39 Å². The fourth-order valence-electron chi connectivity index (χ4n) is 0.883. The molecular formula is C9H9FO3. The Kier molecular flexibility index (Phi) is 3.40. The average Bonchev–Trinajstić information content (AvgIpc) is 2.03. The number of carboxylic acid groups (broad SMARTS) is 1. The predicted octanol–water partition coefficient (Wildman–Crippen LogP) is 1.43. The Morgan fingerprint density at radius 2 is 2.31 bits per heavy atom. The Labute approximate surface area is 74.8 Å². The lowest BCUT2D eigenvalue weighted by atomic mass is 10.2. The molecule has 0 atom stereocenters. The van der Waals surface area contributed by atoms with Crippen molar-refractivity contribution in [1.29, 1.82) is 0 Å². The molecule has 1 N–H and O–H groups in total. The number of benzene rings is 1. The van der Waals surface area contributed by atoms with E-state index in [1.54, 1.807) is 12.1 Å². The zero-order valence-corrected chi connectivity index (χ0v) is 6.87. The van der Waals surface area contributed by atoms with Crippen LogP contribution in [0.3, 0.4) is 0 Å². The molecule has 3 nitrogen and oxygen atoms in total. The zero-order chi connectivity index (χ0) is 9.68. The van der Waals surface area contributed by atoms with Crippen molar-refractivity contribution in [1.82, 2.24) is 0 Å². The molecule has 0 bridgehead atoms. The SMILES string of the molecule is O=C(O)COCc1cccc(F)c1. The molecule has 0 heterocycles. The fourth-order valence-corrected chi connectivity index (χ4v) is 0.883. The topological polar surface area (TPSA) is 46.5 Å². The van der Waals surface area contributed by atoms with Crippen LogP contribution in [0.5, 0.6) is 0 Å². The van der Waals surface area contributed by atoms with Gasteiger partial charge in [-0.25, -0.2) is 9.18 Å². The van der Waals surface area contributed by atoms with E-state index in [-0.39, 0.29) is 19.0 Å². The van der Waals surface area contributed by atoms with Crippen molar-refractivity contribution in [3.8, 4) is 0 Å². The van der Waals surface area contributed by atoms with Crippen molar-refractivity contribution in [2.45, 2.75) is 6.61 Å². The van der Waals surface area contributed by atoms with E-state index in [0.29, 0.717) is 5.56 Å². The van der Waals surface area contributed by atoms with Gasteiger partial charge in [-0.3, -0.25) is 0 Å². The second-order valence-electron chi connectivity index (χ2n) is 2.52. The molecule has 13 heavy (non-hydrogen) atoms. The van der Waals surface area contributed by atoms with Gasteiger partial charge in [0.15, 0.2) is 0 Å². The minimum Gasteiger partial charge on any atom is -0.480 e. The lowest BCUT2D eigenvalue weighted by Crippen LogP contribution is -2.06. The quantitative estimate of drug-likeness (QED) is 0.769. The maximum Gasteiger partial charge on any atom is 0.329 e. The highest BCUT2D eigenvalue weighted by molar-refractivity contribution is 5.67. The van der Waals surface area contributed by atoms with Gasteiger partial charge in [-0.05, 0) is 17.7 Å². The van der Waals surface area contributed by atoms with Crippen LogP contribution in [0.25, 0.3) is 0 Å². The highest BCUT2D eigenvalue weighted by Crippen LogP contribution is 2.04. The minimum atomic E-state index is -1.03. The Morgan fingerprint density at radius 1 is 1.54 bits per heavy atom. The highest BCUT2D eigenvalue weighted by atomic mass is 19.1. The molecular weight excluding hydrogens is 175 g/mol. The van der Waals surface area contributed by atoms with Crippen molar-refractivity contribution >= 4 is 5.97 Å². The summed E-state index contributed by atoms with van der Waals surface area (Å²) in [4.78, 5) is 10.1. The van der Waals surface area contributed by atoms with Gasteiger partial charge >= 0.3 is 5.97 Å². The van der Waals surface area contributed by atoms with Crippen molar-refractivity contribution in [3.05, 3.63) is 35.6 Å². The molecule has 70 valence electrons. The molecule has 1 rings (SSSR count). The number of carboxylic acids is 1. The van der Waals surface area contributed by atoms with Crippen LogP contribution >= 0.6 is 0 Å². The van der Waals surface area contributed by atoms with Gasteiger partial charge in [-0.15, -0.1) is 0 Å². The third-order valence-electron chi connectivity index (χ3n) is 1.38. The maximum absolute atomic E-state index is 12.6. The predicted molar refractivity (Wildman–Crippen MR) is 43.7 cm³/mol. The van der Waals surface area contributed by atoms with Crippen molar-refractivity contribution in [2.75, 3.05) is 6.61 Å². The van der Waals surface area contributed by atoms with E-state index in [0.717, 1.165) is 0 Å². The standard InChI is InChI=1S/C9H9FO3/c10-8-3-1-2-7(4-8)5-13-6-9(11)12/h1-4H,5-6H2,(H,11,12). The number of rotatable bonds is 4. The van der Waals surface area contributed by atoms with Gasteiger partial charge in [-0.2, -0.15) is 0 Å². The summed E-state index contributed by atoms with van der Waals surface area (Å²) < 4.78 is 17.4.